The van der Waals surface area contributed by atoms with Crippen LogP contribution in [0, 0.1) is 23.0 Å². The maximum absolute atomic E-state index is 14.5. The van der Waals surface area contributed by atoms with Crippen LogP contribution >= 0.6 is 11.6 Å². The zero-order valence-corrected chi connectivity index (χ0v) is 17.8. The predicted molar refractivity (Wildman–Crippen MR) is 115 cm³/mol. The number of methoxy groups -OCH3 is 1. The third kappa shape index (κ3) is 4.19. The number of hydrogen-bond acceptors (Lipinski definition) is 6. The van der Waals surface area contributed by atoms with Gasteiger partial charge in [0.25, 0.3) is 0 Å². The van der Waals surface area contributed by atoms with Crippen molar-refractivity contribution in [3.8, 4) is 23.3 Å². The molecular weight excluding hydrogens is 454 g/mol. The average molecular weight is 469 g/mol. The van der Waals surface area contributed by atoms with Crippen LogP contribution in [0.25, 0.3) is 0 Å². The minimum Gasteiger partial charge on any atom is -0.495 e. The van der Waals surface area contributed by atoms with Crippen LogP contribution in [0.3, 0.4) is 0 Å². The Morgan fingerprint density at radius 3 is 2.55 bits per heavy atom. The zero-order chi connectivity index (χ0) is 23.7. The van der Waals surface area contributed by atoms with E-state index in [0.717, 1.165) is 12.1 Å². The lowest BCUT2D eigenvalue weighted by atomic mass is 9.83. The van der Waals surface area contributed by atoms with Gasteiger partial charge in [0.1, 0.15) is 40.5 Å². The number of esters is 1. The van der Waals surface area contributed by atoms with Crippen molar-refractivity contribution < 1.29 is 27.8 Å². The molecule has 9 heteroatoms. The van der Waals surface area contributed by atoms with E-state index in [1.54, 1.807) is 0 Å². The number of halogens is 3. The molecular formula is C24H15ClF2N2O4. The molecule has 1 heterocycles. The van der Waals surface area contributed by atoms with Gasteiger partial charge in [-0.25, -0.2) is 13.6 Å². The van der Waals surface area contributed by atoms with Gasteiger partial charge in [0, 0.05) is 23.3 Å². The zero-order valence-electron chi connectivity index (χ0n) is 17.1. The molecule has 0 saturated heterocycles. The van der Waals surface area contributed by atoms with Crippen molar-refractivity contribution in [3.63, 3.8) is 0 Å². The lowest BCUT2D eigenvalue weighted by Crippen LogP contribution is -2.22. The molecule has 0 spiro atoms. The highest BCUT2D eigenvalue weighted by molar-refractivity contribution is 6.32. The molecule has 3 aromatic rings. The fourth-order valence-electron chi connectivity index (χ4n) is 3.51. The van der Waals surface area contributed by atoms with E-state index in [-0.39, 0.29) is 39.1 Å². The molecule has 0 fully saturated rings. The summed E-state index contributed by atoms with van der Waals surface area (Å²) in [6.45, 7) is 0. The van der Waals surface area contributed by atoms with Gasteiger partial charge in [0.15, 0.2) is 0 Å². The fraction of sp³-hybridized carbons (Fsp3) is 0.0833. The monoisotopic (exact) mass is 468 g/mol. The molecule has 4 rings (SSSR count). The highest BCUT2D eigenvalue weighted by Gasteiger charge is 2.33. The lowest BCUT2D eigenvalue weighted by molar-refractivity contribution is 0.0734. The Morgan fingerprint density at radius 1 is 1.12 bits per heavy atom. The van der Waals surface area contributed by atoms with Crippen LogP contribution in [0.4, 0.5) is 8.78 Å². The first-order chi connectivity index (χ1) is 15.8. The highest BCUT2D eigenvalue weighted by Crippen LogP contribution is 2.44. The smallest absolute Gasteiger partial charge is 0.343 e. The molecule has 0 amide bonds. The largest absolute Gasteiger partial charge is 0.495 e. The Labute approximate surface area is 192 Å². The number of ether oxygens (including phenoxy) is 3. The first kappa shape index (κ1) is 22.1. The van der Waals surface area contributed by atoms with Crippen LogP contribution in [0.15, 0.2) is 66.1 Å². The van der Waals surface area contributed by atoms with Crippen molar-refractivity contribution >= 4 is 17.6 Å². The summed E-state index contributed by atoms with van der Waals surface area (Å²) in [5, 5.41) is 9.81. The van der Waals surface area contributed by atoms with Crippen LogP contribution in [0.2, 0.25) is 5.02 Å². The molecule has 0 radical (unpaired) electrons. The number of nitrogens with two attached hydrogens (primary N) is 1. The van der Waals surface area contributed by atoms with Gasteiger partial charge in [0.05, 0.1) is 23.6 Å². The van der Waals surface area contributed by atoms with Gasteiger partial charge >= 0.3 is 5.97 Å². The summed E-state index contributed by atoms with van der Waals surface area (Å²) in [5.41, 5.74) is 6.53. The molecule has 2 N–H and O–H groups in total. The van der Waals surface area contributed by atoms with Crippen molar-refractivity contribution in [2.75, 3.05) is 7.11 Å². The van der Waals surface area contributed by atoms with Crippen LogP contribution < -0.4 is 19.9 Å². The molecule has 33 heavy (non-hydrogen) atoms. The second-order valence-electron chi connectivity index (χ2n) is 7.03. The summed E-state index contributed by atoms with van der Waals surface area (Å²) < 4.78 is 44.0. The quantitative estimate of drug-likeness (QED) is 0.424. The van der Waals surface area contributed by atoms with E-state index in [0.29, 0.717) is 11.3 Å². The molecule has 6 nitrogen and oxygen atoms in total. The van der Waals surface area contributed by atoms with Gasteiger partial charge < -0.3 is 19.9 Å². The molecule has 0 aliphatic carbocycles. The molecule has 0 bridgehead atoms. The summed E-state index contributed by atoms with van der Waals surface area (Å²) in [4.78, 5) is 12.5. The van der Waals surface area contributed by atoms with E-state index in [9.17, 15) is 18.8 Å². The van der Waals surface area contributed by atoms with Crippen molar-refractivity contribution in [1.29, 1.82) is 5.26 Å². The first-order valence-corrected chi connectivity index (χ1v) is 9.92. The Kier molecular flexibility index (Phi) is 5.90. The van der Waals surface area contributed by atoms with E-state index in [4.69, 9.17) is 31.5 Å². The molecule has 1 aliphatic rings. The maximum atomic E-state index is 14.5. The Bertz CT molecular complexity index is 1350. The average Bonchev–Trinajstić information content (AvgIpc) is 2.78. The standard InChI is InChI=1S/C24H15ClF2N2O4/c1-31-20-7-2-12(8-18(20)25)24(30)32-14-4-6-16-21(10-14)33-23(29)17(11-28)22(16)15-5-3-13(26)9-19(15)27/h2-10,22H,29H2,1H3/t22-/m0/s1. The lowest BCUT2D eigenvalue weighted by Gasteiger charge is -2.27. The van der Waals surface area contributed by atoms with E-state index in [1.165, 1.54) is 49.6 Å². The molecule has 1 aliphatic heterocycles. The number of carbonyl (C=O) groups excluding carboxylic acids is 1. The molecule has 0 unspecified atom stereocenters. The SMILES string of the molecule is COc1ccc(C(=O)Oc2ccc3c(c2)OC(N)=C(C#N)[C@H]3c2ccc(F)cc2F)cc1Cl. The molecule has 1 atom stereocenters. The second-order valence-corrected chi connectivity index (χ2v) is 7.44. The van der Waals surface area contributed by atoms with Crippen LogP contribution in [0.1, 0.15) is 27.4 Å². The molecule has 3 aromatic carbocycles. The van der Waals surface area contributed by atoms with Gasteiger partial charge in [0.2, 0.25) is 5.88 Å². The first-order valence-electron chi connectivity index (χ1n) is 9.54. The number of benzene rings is 3. The topological polar surface area (TPSA) is 94.6 Å². The number of carbonyl (C=O) groups is 1. The van der Waals surface area contributed by atoms with E-state index < -0.39 is 23.5 Å². The fourth-order valence-corrected chi connectivity index (χ4v) is 3.77. The number of fused-ring (bicyclic) bond motifs is 1. The third-order valence-corrected chi connectivity index (χ3v) is 5.36. The second kappa shape index (κ2) is 8.81. The predicted octanol–water partition coefficient (Wildman–Crippen LogP) is 5.06. The van der Waals surface area contributed by atoms with Crippen molar-refractivity contribution in [1.82, 2.24) is 0 Å². The normalized spacial score (nSPS) is 14.7. The number of allylic oxidation sites excluding steroid dienone is 1. The molecule has 0 saturated carbocycles. The van der Waals surface area contributed by atoms with Crippen LogP contribution in [-0.2, 0) is 0 Å². The van der Waals surface area contributed by atoms with Gasteiger partial charge in [-0.3, -0.25) is 0 Å². The Hall–Kier alpha value is -4.09. The van der Waals surface area contributed by atoms with Crippen LogP contribution in [-0.4, -0.2) is 13.1 Å². The van der Waals surface area contributed by atoms with Crippen molar-refractivity contribution in [2.24, 2.45) is 5.73 Å². The minimum atomic E-state index is -0.926. The number of nitrogens with zero attached hydrogens (tertiary/aromatic N) is 1. The Balaban J connectivity index is 1.69. The summed E-state index contributed by atoms with van der Waals surface area (Å²) in [6, 6.07) is 13.8. The van der Waals surface area contributed by atoms with Crippen molar-refractivity contribution in [3.05, 3.63) is 99.4 Å². The maximum Gasteiger partial charge on any atom is 0.343 e. The van der Waals surface area contributed by atoms with Gasteiger partial charge in [-0.2, -0.15) is 5.26 Å². The summed E-state index contributed by atoms with van der Waals surface area (Å²) in [7, 11) is 1.45. The van der Waals surface area contributed by atoms with Gasteiger partial charge in [-0.05, 0) is 30.3 Å². The summed E-state index contributed by atoms with van der Waals surface area (Å²) >= 11 is 6.06. The van der Waals surface area contributed by atoms with E-state index in [2.05, 4.69) is 0 Å². The number of hydrogen-bond donors (Lipinski definition) is 1. The number of nitriles is 1. The summed E-state index contributed by atoms with van der Waals surface area (Å²) in [6.07, 6.45) is 0. The minimum absolute atomic E-state index is 0.0226. The van der Waals surface area contributed by atoms with Gasteiger partial charge in [-0.1, -0.05) is 23.7 Å². The van der Waals surface area contributed by atoms with Crippen molar-refractivity contribution in [2.45, 2.75) is 5.92 Å². The molecule has 0 aromatic heterocycles. The van der Waals surface area contributed by atoms with Gasteiger partial charge in [-0.15, -0.1) is 0 Å². The van der Waals surface area contributed by atoms with Crippen LogP contribution in [0.5, 0.6) is 17.2 Å². The highest BCUT2D eigenvalue weighted by atomic mass is 35.5. The van der Waals surface area contributed by atoms with E-state index in [1.807, 2.05) is 6.07 Å². The Morgan fingerprint density at radius 2 is 1.88 bits per heavy atom. The summed E-state index contributed by atoms with van der Waals surface area (Å²) in [5.74, 6) is -2.73. The third-order valence-electron chi connectivity index (χ3n) is 5.06. The molecule has 166 valence electrons. The number of rotatable bonds is 4. The van der Waals surface area contributed by atoms with E-state index >= 15 is 0 Å².